The molecule has 0 saturated carbocycles. The van der Waals surface area contributed by atoms with Crippen LogP contribution in [0, 0.1) is 0 Å². The van der Waals surface area contributed by atoms with Crippen LogP contribution >= 0.6 is 11.3 Å². The number of fused-ring (bicyclic) bond motifs is 1. The maximum atomic E-state index is 12.3. The van der Waals surface area contributed by atoms with Gasteiger partial charge in [0.05, 0.1) is 11.3 Å². The lowest BCUT2D eigenvalue weighted by Crippen LogP contribution is -2.30. The van der Waals surface area contributed by atoms with Crippen LogP contribution in [0.1, 0.15) is 23.5 Å². The van der Waals surface area contributed by atoms with Gasteiger partial charge in [-0.05, 0) is 19.1 Å². The molecule has 0 bridgehead atoms. The molecule has 134 valence electrons. The Morgan fingerprint density at radius 2 is 2.00 bits per heavy atom. The van der Waals surface area contributed by atoms with Crippen molar-refractivity contribution in [1.82, 2.24) is 19.9 Å². The van der Waals surface area contributed by atoms with Crippen molar-refractivity contribution in [2.75, 3.05) is 10.6 Å². The second kappa shape index (κ2) is 7.27. The van der Waals surface area contributed by atoms with Crippen LogP contribution in [0.4, 0.5) is 10.8 Å². The first-order valence-electron chi connectivity index (χ1n) is 7.47. The van der Waals surface area contributed by atoms with Gasteiger partial charge in [0, 0.05) is 6.92 Å². The SMILES string of the molecule is CC(=O)Nc1ccc(C(=O)O[C@@H](C)C(=O)Nc2ncnc3nc[nH]c23)s1. The molecule has 3 N–H and O–H groups in total. The number of H-pyrrole nitrogens is 1. The molecule has 0 aromatic carbocycles. The Morgan fingerprint density at radius 1 is 1.19 bits per heavy atom. The minimum atomic E-state index is -1.05. The zero-order valence-corrected chi connectivity index (χ0v) is 14.6. The van der Waals surface area contributed by atoms with E-state index in [0.717, 1.165) is 11.3 Å². The summed E-state index contributed by atoms with van der Waals surface area (Å²) in [5.41, 5.74) is 0.876. The van der Waals surface area contributed by atoms with Crippen LogP contribution in [0.2, 0.25) is 0 Å². The van der Waals surface area contributed by atoms with Gasteiger partial charge < -0.3 is 20.4 Å². The lowest BCUT2D eigenvalue weighted by atomic mass is 10.3. The summed E-state index contributed by atoms with van der Waals surface area (Å²) in [6, 6.07) is 3.10. The lowest BCUT2D eigenvalue weighted by Gasteiger charge is -2.12. The predicted molar refractivity (Wildman–Crippen MR) is 93.8 cm³/mol. The third-order valence-electron chi connectivity index (χ3n) is 3.22. The van der Waals surface area contributed by atoms with Crippen molar-refractivity contribution >= 4 is 51.1 Å². The van der Waals surface area contributed by atoms with Crippen LogP contribution in [-0.2, 0) is 14.3 Å². The van der Waals surface area contributed by atoms with E-state index >= 15 is 0 Å². The number of anilines is 2. The summed E-state index contributed by atoms with van der Waals surface area (Å²) in [4.78, 5) is 50.4. The van der Waals surface area contributed by atoms with E-state index in [0.29, 0.717) is 16.2 Å². The Balaban J connectivity index is 1.63. The molecule has 0 aliphatic heterocycles. The quantitative estimate of drug-likeness (QED) is 0.576. The molecule has 0 unspecified atom stereocenters. The molecule has 0 aliphatic rings. The van der Waals surface area contributed by atoms with Crippen LogP contribution in [0.3, 0.4) is 0 Å². The maximum Gasteiger partial charge on any atom is 0.349 e. The molecule has 0 radical (unpaired) electrons. The molecule has 0 fully saturated rings. The monoisotopic (exact) mass is 374 g/mol. The molecule has 0 saturated heterocycles. The normalized spacial score (nSPS) is 11.8. The lowest BCUT2D eigenvalue weighted by molar-refractivity contribution is -0.123. The van der Waals surface area contributed by atoms with Gasteiger partial charge in [-0.1, -0.05) is 0 Å². The fourth-order valence-electron chi connectivity index (χ4n) is 2.04. The van der Waals surface area contributed by atoms with E-state index in [9.17, 15) is 14.4 Å². The van der Waals surface area contributed by atoms with Crippen LogP contribution in [-0.4, -0.2) is 43.8 Å². The van der Waals surface area contributed by atoms with Gasteiger partial charge in [0.25, 0.3) is 5.91 Å². The van der Waals surface area contributed by atoms with E-state index in [1.54, 1.807) is 6.07 Å². The molecule has 10 nitrogen and oxygen atoms in total. The molecular formula is C15H14N6O4S. The van der Waals surface area contributed by atoms with E-state index in [-0.39, 0.29) is 16.6 Å². The van der Waals surface area contributed by atoms with Crippen molar-refractivity contribution in [2.45, 2.75) is 20.0 Å². The zero-order valence-electron chi connectivity index (χ0n) is 13.8. The molecule has 3 aromatic rings. The number of thiophene rings is 1. The smallest absolute Gasteiger partial charge is 0.349 e. The maximum absolute atomic E-state index is 12.3. The average molecular weight is 374 g/mol. The van der Waals surface area contributed by atoms with Crippen LogP contribution < -0.4 is 10.6 Å². The summed E-state index contributed by atoms with van der Waals surface area (Å²) in [7, 11) is 0. The molecule has 3 heterocycles. The number of carbonyl (C=O) groups excluding carboxylic acids is 3. The van der Waals surface area contributed by atoms with Gasteiger partial charge in [-0.15, -0.1) is 11.3 Å². The number of hydrogen-bond acceptors (Lipinski definition) is 8. The number of aromatic nitrogens is 4. The van der Waals surface area contributed by atoms with Gasteiger partial charge >= 0.3 is 5.97 Å². The minimum absolute atomic E-state index is 0.240. The highest BCUT2D eigenvalue weighted by molar-refractivity contribution is 7.18. The number of carbonyl (C=O) groups is 3. The molecule has 2 amide bonds. The number of imidazole rings is 1. The van der Waals surface area contributed by atoms with Crippen LogP contribution in [0.5, 0.6) is 0 Å². The standard InChI is InChI=1S/C15H14N6O4S/c1-7(25-15(24)9-3-4-10(26-9)20-8(2)22)14(23)21-13-11-12(17-5-16-11)18-6-19-13/h3-7H,1-2H3,(H,20,22)(H2,16,17,18,19,21,23)/t7-/m0/s1. The Labute approximate surface area is 151 Å². The highest BCUT2D eigenvalue weighted by atomic mass is 32.1. The molecule has 3 rings (SSSR count). The number of amides is 2. The number of rotatable bonds is 5. The number of esters is 1. The van der Waals surface area contributed by atoms with E-state index in [1.165, 1.54) is 32.6 Å². The largest absolute Gasteiger partial charge is 0.448 e. The summed E-state index contributed by atoms with van der Waals surface area (Å²) in [6.07, 6.45) is 1.65. The van der Waals surface area contributed by atoms with E-state index < -0.39 is 18.0 Å². The Bertz CT molecular complexity index is 981. The van der Waals surface area contributed by atoms with Crippen molar-refractivity contribution < 1.29 is 19.1 Å². The van der Waals surface area contributed by atoms with Gasteiger partial charge in [0.1, 0.15) is 16.7 Å². The highest BCUT2D eigenvalue weighted by Crippen LogP contribution is 2.23. The third-order valence-corrected chi connectivity index (χ3v) is 4.20. The summed E-state index contributed by atoms with van der Waals surface area (Å²) in [6.45, 7) is 2.81. The van der Waals surface area contributed by atoms with Gasteiger partial charge in [-0.3, -0.25) is 9.59 Å². The first kappa shape index (κ1) is 17.5. The predicted octanol–water partition coefficient (Wildman–Crippen LogP) is 1.56. The average Bonchev–Trinajstić information content (AvgIpc) is 3.23. The molecule has 1 atom stereocenters. The second-order valence-electron chi connectivity index (χ2n) is 5.21. The minimum Gasteiger partial charge on any atom is -0.448 e. The molecular weight excluding hydrogens is 360 g/mol. The van der Waals surface area contributed by atoms with Crippen molar-refractivity contribution in [3.05, 3.63) is 29.7 Å². The van der Waals surface area contributed by atoms with E-state index in [4.69, 9.17) is 4.74 Å². The van der Waals surface area contributed by atoms with Gasteiger partial charge in [-0.2, -0.15) is 0 Å². The van der Waals surface area contributed by atoms with Crippen molar-refractivity contribution in [1.29, 1.82) is 0 Å². The number of nitrogens with zero attached hydrogens (tertiary/aromatic N) is 3. The highest BCUT2D eigenvalue weighted by Gasteiger charge is 2.21. The first-order valence-corrected chi connectivity index (χ1v) is 8.29. The van der Waals surface area contributed by atoms with E-state index in [1.807, 2.05) is 0 Å². The second-order valence-corrected chi connectivity index (χ2v) is 6.29. The third kappa shape index (κ3) is 3.83. The number of hydrogen-bond donors (Lipinski definition) is 3. The molecule has 26 heavy (non-hydrogen) atoms. The summed E-state index contributed by atoms with van der Waals surface area (Å²) >= 11 is 1.06. The molecule has 0 aliphatic carbocycles. The van der Waals surface area contributed by atoms with Crippen LogP contribution in [0.15, 0.2) is 24.8 Å². The number of aromatic amines is 1. The number of nitrogens with one attached hydrogen (secondary N) is 3. The van der Waals surface area contributed by atoms with Gasteiger partial charge in [-0.25, -0.2) is 19.7 Å². The zero-order chi connectivity index (χ0) is 18.7. The number of ether oxygens (including phenoxy) is 1. The van der Waals surface area contributed by atoms with Gasteiger partial charge in [0.15, 0.2) is 17.6 Å². The van der Waals surface area contributed by atoms with Gasteiger partial charge in [0.2, 0.25) is 5.91 Å². The Kier molecular flexibility index (Phi) is 4.89. The molecule has 0 spiro atoms. The fraction of sp³-hybridized carbons (Fsp3) is 0.200. The molecule has 11 heteroatoms. The summed E-state index contributed by atoms with van der Waals surface area (Å²) < 4.78 is 5.16. The van der Waals surface area contributed by atoms with Crippen molar-refractivity contribution in [2.24, 2.45) is 0 Å². The Hall–Kier alpha value is -3.34. The Morgan fingerprint density at radius 3 is 2.77 bits per heavy atom. The van der Waals surface area contributed by atoms with Crippen LogP contribution in [0.25, 0.3) is 11.2 Å². The first-order chi connectivity index (χ1) is 12.4. The summed E-state index contributed by atoms with van der Waals surface area (Å²) in [5, 5.41) is 5.66. The van der Waals surface area contributed by atoms with Crippen molar-refractivity contribution in [3.8, 4) is 0 Å². The van der Waals surface area contributed by atoms with Crippen molar-refractivity contribution in [3.63, 3.8) is 0 Å². The summed E-state index contributed by atoms with van der Waals surface area (Å²) in [5.74, 6) is -1.21. The topological polar surface area (TPSA) is 139 Å². The molecule has 3 aromatic heterocycles. The van der Waals surface area contributed by atoms with E-state index in [2.05, 4.69) is 30.6 Å². The fourth-order valence-corrected chi connectivity index (χ4v) is 2.87.